The first-order valence-corrected chi connectivity index (χ1v) is 7.36. The number of methoxy groups -OCH3 is 1. The number of hydrogen-bond acceptors (Lipinski definition) is 3. The van der Waals surface area contributed by atoms with Crippen LogP contribution in [0.1, 0.15) is 42.5 Å². The van der Waals surface area contributed by atoms with Gasteiger partial charge in [-0.25, -0.2) is 0 Å². The van der Waals surface area contributed by atoms with E-state index in [1.807, 2.05) is 13.1 Å². The van der Waals surface area contributed by atoms with Crippen LogP contribution in [-0.2, 0) is 6.42 Å². The fourth-order valence-corrected chi connectivity index (χ4v) is 3.39. The van der Waals surface area contributed by atoms with Gasteiger partial charge in [0, 0.05) is 23.0 Å². The van der Waals surface area contributed by atoms with E-state index in [1.54, 1.807) is 7.11 Å². The molecule has 2 atom stereocenters. The topological polar surface area (TPSA) is 48.1 Å². The fourth-order valence-electron chi connectivity index (χ4n) is 3.39. The Hall–Kier alpha value is -1.09. The number of hydrogen-bond donors (Lipinski definition) is 1. The van der Waals surface area contributed by atoms with Crippen LogP contribution < -0.4 is 10.5 Å². The summed E-state index contributed by atoms with van der Waals surface area (Å²) in [5.74, 6) is 2.35. The van der Waals surface area contributed by atoms with E-state index in [1.165, 1.54) is 36.9 Å². The summed E-state index contributed by atoms with van der Waals surface area (Å²) in [4.78, 5) is 4.63. The molecular weight excluding hydrogens is 236 g/mol. The minimum absolute atomic E-state index is 0.669. The Balaban J connectivity index is 2.18. The van der Waals surface area contributed by atoms with E-state index in [2.05, 4.69) is 11.9 Å². The lowest BCUT2D eigenvalue weighted by Gasteiger charge is -2.31. The predicted octanol–water partition coefficient (Wildman–Crippen LogP) is 3.01. The number of ether oxygens (including phenoxy) is 1. The van der Waals surface area contributed by atoms with Crippen LogP contribution in [-0.4, -0.2) is 18.6 Å². The third-order valence-corrected chi connectivity index (χ3v) is 4.57. The maximum Gasteiger partial charge on any atom is 0.128 e. The highest BCUT2D eigenvalue weighted by atomic mass is 16.5. The Morgan fingerprint density at radius 1 is 1.26 bits per heavy atom. The van der Waals surface area contributed by atoms with Gasteiger partial charge in [-0.15, -0.1) is 0 Å². The average Bonchev–Trinajstić information content (AvgIpc) is 2.43. The maximum absolute atomic E-state index is 5.92. The second kappa shape index (κ2) is 6.38. The number of nitrogens with two attached hydrogens (primary N) is 1. The predicted molar refractivity (Wildman–Crippen MR) is 78.5 cm³/mol. The summed E-state index contributed by atoms with van der Waals surface area (Å²) >= 11 is 0. The van der Waals surface area contributed by atoms with E-state index in [0.717, 1.165) is 24.3 Å². The van der Waals surface area contributed by atoms with Crippen molar-refractivity contribution < 1.29 is 4.74 Å². The summed E-state index contributed by atoms with van der Waals surface area (Å²) < 4.78 is 5.49. The third-order valence-electron chi connectivity index (χ3n) is 4.57. The molecule has 0 bridgehead atoms. The molecule has 0 saturated heterocycles. The Labute approximate surface area is 116 Å². The van der Waals surface area contributed by atoms with Crippen molar-refractivity contribution in [2.45, 2.75) is 46.0 Å². The summed E-state index contributed by atoms with van der Waals surface area (Å²) in [5.41, 5.74) is 9.42. The van der Waals surface area contributed by atoms with Gasteiger partial charge in [0.1, 0.15) is 5.75 Å². The zero-order valence-corrected chi connectivity index (χ0v) is 12.4. The monoisotopic (exact) mass is 262 g/mol. The second-order valence-corrected chi connectivity index (χ2v) is 5.79. The van der Waals surface area contributed by atoms with Crippen LogP contribution in [0.3, 0.4) is 0 Å². The lowest BCUT2D eigenvalue weighted by atomic mass is 9.76. The smallest absolute Gasteiger partial charge is 0.128 e. The van der Waals surface area contributed by atoms with Gasteiger partial charge in [0.15, 0.2) is 0 Å². The molecule has 1 aromatic rings. The van der Waals surface area contributed by atoms with E-state index < -0.39 is 0 Å². The van der Waals surface area contributed by atoms with Crippen molar-refractivity contribution in [3.63, 3.8) is 0 Å². The molecule has 0 aromatic carbocycles. The lowest BCUT2D eigenvalue weighted by molar-refractivity contribution is 0.240. The van der Waals surface area contributed by atoms with Crippen molar-refractivity contribution in [3.05, 3.63) is 23.0 Å². The minimum Gasteiger partial charge on any atom is -0.496 e. The van der Waals surface area contributed by atoms with Crippen LogP contribution in [0.5, 0.6) is 5.75 Å². The second-order valence-electron chi connectivity index (χ2n) is 5.79. The highest BCUT2D eigenvalue weighted by Crippen LogP contribution is 2.33. The molecular formula is C16H26N2O. The van der Waals surface area contributed by atoms with Crippen LogP contribution in [0.4, 0.5) is 0 Å². The quantitative estimate of drug-likeness (QED) is 0.907. The summed E-state index contributed by atoms with van der Waals surface area (Å²) in [5, 5.41) is 0. The van der Waals surface area contributed by atoms with E-state index >= 15 is 0 Å². The largest absolute Gasteiger partial charge is 0.496 e. The molecule has 2 unspecified atom stereocenters. The molecule has 19 heavy (non-hydrogen) atoms. The normalized spacial score (nSPS) is 23.4. The first-order valence-electron chi connectivity index (χ1n) is 7.36. The Morgan fingerprint density at radius 3 is 2.58 bits per heavy atom. The molecule has 1 aliphatic rings. The molecule has 2 rings (SSSR count). The average molecular weight is 262 g/mol. The highest BCUT2D eigenvalue weighted by molar-refractivity contribution is 5.41. The fraction of sp³-hybridized carbons (Fsp3) is 0.688. The Morgan fingerprint density at radius 2 is 1.95 bits per heavy atom. The minimum atomic E-state index is 0.669. The molecule has 1 saturated carbocycles. The van der Waals surface area contributed by atoms with Gasteiger partial charge < -0.3 is 10.5 Å². The van der Waals surface area contributed by atoms with Crippen molar-refractivity contribution in [1.82, 2.24) is 4.98 Å². The van der Waals surface area contributed by atoms with Crippen LogP contribution in [0.15, 0.2) is 6.20 Å². The summed E-state index contributed by atoms with van der Waals surface area (Å²) in [6.07, 6.45) is 8.22. The van der Waals surface area contributed by atoms with Gasteiger partial charge in [-0.1, -0.05) is 12.8 Å². The molecule has 1 aliphatic carbocycles. The zero-order valence-electron chi connectivity index (χ0n) is 12.4. The Kier molecular flexibility index (Phi) is 4.81. The Bertz CT molecular complexity index is 431. The van der Waals surface area contributed by atoms with E-state index in [0.29, 0.717) is 11.8 Å². The summed E-state index contributed by atoms with van der Waals surface area (Å²) in [7, 11) is 1.74. The molecule has 0 aliphatic heterocycles. The molecule has 3 heteroatoms. The van der Waals surface area contributed by atoms with Crippen molar-refractivity contribution in [3.8, 4) is 5.75 Å². The number of nitrogens with zero attached hydrogens (tertiary/aromatic N) is 1. The molecule has 3 nitrogen and oxygen atoms in total. The molecule has 2 N–H and O–H groups in total. The first kappa shape index (κ1) is 14.3. The van der Waals surface area contributed by atoms with Crippen LogP contribution >= 0.6 is 0 Å². The van der Waals surface area contributed by atoms with E-state index in [-0.39, 0.29) is 0 Å². The molecule has 106 valence electrons. The molecule has 0 spiro atoms. The van der Waals surface area contributed by atoms with Crippen molar-refractivity contribution in [2.24, 2.45) is 17.6 Å². The standard InChI is InChI=1S/C16H26N2O/c1-11-10-18-15(12(2)16(11)19-3)8-13-6-4-5-7-14(13)9-17/h10,13-14H,4-9,17H2,1-3H3. The highest BCUT2D eigenvalue weighted by Gasteiger charge is 2.25. The van der Waals surface area contributed by atoms with Crippen molar-refractivity contribution in [2.75, 3.05) is 13.7 Å². The lowest BCUT2D eigenvalue weighted by Crippen LogP contribution is -2.28. The van der Waals surface area contributed by atoms with Gasteiger partial charge in [0.2, 0.25) is 0 Å². The number of pyridine rings is 1. The third kappa shape index (κ3) is 3.08. The molecule has 0 radical (unpaired) electrons. The van der Waals surface area contributed by atoms with Gasteiger partial charge in [-0.2, -0.15) is 0 Å². The molecule has 1 fully saturated rings. The van der Waals surface area contributed by atoms with Crippen LogP contribution in [0.2, 0.25) is 0 Å². The van der Waals surface area contributed by atoms with E-state index in [9.17, 15) is 0 Å². The van der Waals surface area contributed by atoms with Gasteiger partial charge >= 0.3 is 0 Å². The molecule has 0 amide bonds. The van der Waals surface area contributed by atoms with Gasteiger partial charge in [0.05, 0.1) is 7.11 Å². The van der Waals surface area contributed by atoms with Crippen molar-refractivity contribution >= 4 is 0 Å². The number of rotatable bonds is 4. The van der Waals surface area contributed by atoms with Gasteiger partial charge in [0.25, 0.3) is 0 Å². The summed E-state index contributed by atoms with van der Waals surface area (Å²) in [6, 6.07) is 0. The van der Waals surface area contributed by atoms with E-state index in [4.69, 9.17) is 10.5 Å². The zero-order chi connectivity index (χ0) is 13.8. The SMILES string of the molecule is COc1c(C)cnc(CC2CCCCC2CN)c1C. The van der Waals surface area contributed by atoms with Gasteiger partial charge in [-0.05, 0) is 51.5 Å². The van der Waals surface area contributed by atoms with Gasteiger partial charge in [-0.3, -0.25) is 4.98 Å². The first-order chi connectivity index (χ1) is 9.17. The number of aryl methyl sites for hydroxylation is 1. The molecule has 1 aromatic heterocycles. The van der Waals surface area contributed by atoms with Crippen LogP contribution in [0, 0.1) is 25.7 Å². The maximum atomic E-state index is 5.92. The summed E-state index contributed by atoms with van der Waals surface area (Å²) in [6.45, 7) is 4.98. The number of aromatic nitrogens is 1. The van der Waals surface area contributed by atoms with Crippen molar-refractivity contribution in [1.29, 1.82) is 0 Å². The van der Waals surface area contributed by atoms with Crippen LogP contribution in [0.25, 0.3) is 0 Å². The molecule has 1 heterocycles.